The van der Waals surface area contributed by atoms with Crippen LogP contribution in [-0.2, 0) is 9.84 Å². The second-order valence-electron chi connectivity index (χ2n) is 6.32. The number of aliphatic hydroxyl groups excluding tert-OH is 2. The van der Waals surface area contributed by atoms with Gasteiger partial charge in [0.1, 0.15) is 11.9 Å². The zero-order chi connectivity index (χ0) is 20.9. The van der Waals surface area contributed by atoms with Gasteiger partial charge in [-0.1, -0.05) is 12.1 Å². The molecule has 0 heterocycles. The number of amidine groups is 1. The number of nitrogens with two attached hydrogens (primary N) is 2. The molecular formula is C19H25N4O4S+. The Morgan fingerprint density at radius 3 is 2.14 bits per heavy atom. The van der Waals surface area contributed by atoms with E-state index < -0.39 is 22.2 Å². The Hall–Kier alpha value is -2.72. The molecule has 9 heteroatoms. The molecule has 0 bridgehead atoms. The predicted molar refractivity (Wildman–Crippen MR) is 108 cm³/mol. The highest BCUT2D eigenvalue weighted by atomic mass is 32.2. The summed E-state index contributed by atoms with van der Waals surface area (Å²) in [6, 6.07) is 13.1. The van der Waals surface area contributed by atoms with Crippen LogP contribution >= 0.6 is 0 Å². The first kappa shape index (κ1) is 21.6. The van der Waals surface area contributed by atoms with E-state index in [0.717, 1.165) is 11.8 Å². The normalized spacial score (nSPS) is 15.2. The van der Waals surface area contributed by atoms with Crippen molar-refractivity contribution in [1.82, 2.24) is 0 Å². The van der Waals surface area contributed by atoms with Gasteiger partial charge in [0.15, 0.2) is 9.84 Å². The lowest BCUT2D eigenvalue weighted by Gasteiger charge is -2.09. The molecule has 0 aliphatic carbocycles. The average molecular weight is 406 g/mol. The molecule has 8 nitrogen and oxygen atoms in total. The van der Waals surface area contributed by atoms with E-state index in [1.54, 1.807) is 43.3 Å². The molecule has 0 aromatic heterocycles. The van der Waals surface area contributed by atoms with Gasteiger partial charge in [0.25, 0.3) is 5.84 Å². The fraction of sp³-hybridized carbons (Fsp3) is 0.211. The molecule has 2 aromatic rings. The zero-order valence-electron chi connectivity index (χ0n) is 15.6. The van der Waals surface area contributed by atoms with Gasteiger partial charge in [0, 0.05) is 18.1 Å². The monoisotopic (exact) mass is 405 g/mol. The molecule has 0 radical (unpaired) electrons. The number of hydrogen-bond donors (Lipinski definition) is 6. The molecule has 8 N–H and O–H groups in total. The van der Waals surface area contributed by atoms with Crippen molar-refractivity contribution in [2.24, 2.45) is 11.5 Å². The second-order valence-corrected chi connectivity index (χ2v) is 8.34. The molecule has 2 aromatic carbocycles. The van der Waals surface area contributed by atoms with Crippen molar-refractivity contribution in [3.63, 3.8) is 0 Å². The largest absolute Gasteiger partial charge is 0.389 e. The minimum Gasteiger partial charge on any atom is -0.389 e. The summed E-state index contributed by atoms with van der Waals surface area (Å²) < 4.78 is 23.0. The van der Waals surface area contributed by atoms with Crippen molar-refractivity contribution >= 4 is 27.0 Å². The summed E-state index contributed by atoms with van der Waals surface area (Å²) in [5.41, 5.74) is 13.8. The molecular weight excluding hydrogens is 380 g/mol. The molecule has 0 aliphatic rings. The number of rotatable bonds is 7. The molecule has 0 aliphatic heterocycles. The molecule has 0 amide bonds. The topological polar surface area (TPSA) is 153 Å². The number of anilines is 1. The van der Waals surface area contributed by atoms with Gasteiger partial charge in [0.2, 0.25) is 0 Å². The molecule has 150 valence electrons. The minimum absolute atomic E-state index is 0.107. The Bertz CT molecular complexity index is 964. The van der Waals surface area contributed by atoms with E-state index in [4.69, 9.17) is 11.5 Å². The molecule has 0 saturated heterocycles. The van der Waals surface area contributed by atoms with E-state index in [1.807, 2.05) is 0 Å². The van der Waals surface area contributed by atoms with Crippen molar-refractivity contribution in [2.75, 3.05) is 11.6 Å². The van der Waals surface area contributed by atoms with Gasteiger partial charge in [-0.05, 0) is 48.9 Å². The first-order valence-corrected chi connectivity index (χ1v) is 10.4. The number of benzene rings is 2. The summed E-state index contributed by atoms with van der Waals surface area (Å²) >= 11 is 0. The Balaban J connectivity index is 2.21. The van der Waals surface area contributed by atoms with Crippen LogP contribution in [0.5, 0.6) is 0 Å². The van der Waals surface area contributed by atoms with Crippen LogP contribution in [0.3, 0.4) is 0 Å². The third-order valence-electron chi connectivity index (χ3n) is 3.98. The first-order valence-electron chi connectivity index (χ1n) is 8.46. The van der Waals surface area contributed by atoms with Crippen LogP contribution in [0, 0.1) is 0 Å². The maximum Gasteiger partial charge on any atom is 0.279 e. The molecule has 28 heavy (non-hydrogen) atoms. The van der Waals surface area contributed by atoms with Crippen LogP contribution in [0.2, 0.25) is 0 Å². The first-order chi connectivity index (χ1) is 13.1. The van der Waals surface area contributed by atoms with Gasteiger partial charge in [-0.3, -0.25) is 5.73 Å². The third-order valence-corrected chi connectivity index (χ3v) is 5.11. The number of aliphatic hydroxyl groups is 2. The highest BCUT2D eigenvalue weighted by Crippen LogP contribution is 2.16. The van der Waals surface area contributed by atoms with E-state index in [1.165, 1.54) is 18.3 Å². The summed E-state index contributed by atoms with van der Waals surface area (Å²) in [6.45, 7) is 1.68. The molecule has 0 spiro atoms. The van der Waals surface area contributed by atoms with Crippen molar-refractivity contribution in [3.8, 4) is 0 Å². The Labute approximate surface area is 164 Å². The lowest BCUT2D eigenvalue weighted by atomic mass is 10.1. The SMILES string of the molecule is CC(O)c1ccc(N/C=C(\C(N)=[NH+]c2ccc(S(C)(=O)=O)cc2)C(N)O)cc1. The van der Waals surface area contributed by atoms with Crippen LogP contribution in [-0.4, -0.2) is 37.0 Å². The van der Waals surface area contributed by atoms with Gasteiger partial charge < -0.3 is 21.3 Å². The van der Waals surface area contributed by atoms with Gasteiger partial charge >= 0.3 is 0 Å². The average Bonchev–Trinajstić information content (AvgIpc) is 2.61. The predicted octanol–water partition coefficient (Wildman–Crippen LogP) is -0.514. The molecule has 2 rings (SSSR count). The number of hydrogen-bond acceptors (Lipinski definition) is 6. The smallest absolute Gasteiger partial charge is 0.279 e. The van der Waals surface area contributed by atoms with Gasteiger partial charge in [-0.2, -0.15) is 0 Å². The summed E-state index contributed by atoms with van der Waals surface area (Å²) in [7, 11) is -3.29. The van der Waals surface area contributed by atoms with Gasteiger partial charge in [-0.25, -0.2) is 13.4 Å². The molecule has 0 saturated carbocycles. The van der Waals surface area contributed by atoms with E-state index in [2.05, 4.69) is 10.3 Å². The van der Waals surface area contributed by atoms with E-state index in [0.29, 0.717) is 11.4 Å². The lowest BCUT2D eigenvalue weighted by Crippen LogP contribution is -2.70. The third kappa shape index (κ3) is 5.89. The van der Waals surface area contributed by atoms with Crippen molar-refractivity contribution in [3.05, 3.63) is 65.9 Å². The maximum atomic E-state index is 11.5. The van der Waals surface area contributed by atoms with Crippen molar-refractivity contribution in [2.45, 2.75) is 24.2 Å². The van der Waals surface area contributed by atoms with Crippen LogP contribution in [0.1, 0.15) is 18.6 Å². The highest BCUT2D eigenvalue weighted by Gasteiger charge is 2.16. The van der Waals surface area contributed by atoms with Crippen LogP contribution in [0.25, 0.3) is 0 Å². The minimum atomic E-state index is -3.29. The van der Waals surface area contributed by atoms with Crippen LogP contribution in [0.4, 0.5) is 11.4 Å². The zero-order valence-corrected chi connectivity index (χ0v) is 16.4. The highest BCUT2D eigenvalue weighted by molar-refractivity contribution is 7.90. The molecule has 0 fully saturated rings. The van der Waals surface area contributed by atoms with E-state index in [9.17, 15) is 18.6 Å². The van der Waals surface area contributed by atoms with Crippen molar-refractivity contribution in [1.29, 1.82) is 0 Å². The van der Waals surface area contributed by atoms with Gasteiger partial charge in [-0.15, -0.1) is 0 Å². The fourth-order valence-electron chi connectivity index (χ4n) is 2.35. The quantitative estimate of drug-likeness (QED) is 0.206. The summed E-state index contributed by atoms with van der Waals surface area (Å²) in [5, 5.41) is 22.3. The van der Waals surface area contributed by atoms with Crippen LogP contribution in [0.15, 0.2) is 65.2 Å². The summed E-state index contributed by atoms with van der Waals surface area (Å²) in [4.78, 5) is 3.07. The van der Waals surface area contributed by atoms with Crippen molar-refractivity contribution < 1.29 is 23.6 Å². The maximum absolute atomic E-state index is 11.5. The van der Waals surface area contributed by atoms with E-state index >= 15 is 0 Å². The Morgan fingerprint density at radius 2 is 1.68 bits per heavy atom. The van der Waals surface area contributed by atoms with Gasteiger partial charge in [0.05, 0.1) is 16.6 Å². The molecule has 2 unspecified atom stereocenters. The number of nitrogens with one attached hydrogen (secondary N) is 2. The lowest BCUT2D eigenvalue weighted by molar-refractivity contribution is -0.354. The summed E-state index contributed by atoms with van der Waals surface area (Å²) in [6.07, 6.45) is 0.691. The fourth-order valence-corrected chi connectivity index (χ4v) is 2.99. The Kier molecular flexibility index (Phi) is 6.92. The van der Waals surface area contributed by atoms with Crippen LogP contribution < -0.4 is 21.8 Å². The molecule has 2 atom stereocenters. The van der Waals surface area contributed by atoms with E-state index in [-0.39, 0.29) is 16.3 Å². The Morgan fingerprint density at radius 1 is 1.11 bits per heavy atom. The number of sulfone groups is 1. The summed E-state index contributed by atoms with van der Waals surface area (Å²) in [5.74, 6) is 0.107. The standard InChI is InChI=1S/C19H24N4O4S/c1-12(24)13-3-5-14(6-4-13)22-11-17(19(21)25)18(20)23-15-7-9-16(10-8-15)28(2,26)27/h3-12,19,22,24-25H,21H2,1-2H3,(H2,20,23)/p+1/b17-11+. The second kappa shape index (κ2) is 8.98.